The highest BCUT2D eigenvalue weighted by molar-refractivity contribution is 5.76. The molecule has 1 amide bonds. The molecule has 0 heterocycles. The maximum atomic E-state index is 11.2. The van der Waals surface area contributed by atoms with Gasteiger partial charge in [0.25, 0.3) is 0 Å². The normalized spacial score (nSPS) is 12.5. The Hall–Kier alpha value is -1.35. The van der Waals surface area contributed by atoms with E-state index in [-0.39, 0.29) is 11.9 Å². The van der Waals surface area contributed by atoms with Crippen LogP contribution in [0.5, 0.6) is 0 Å². The van der Waals surface area contributed by atoms with Crippen molar-refractivity contribution in [3.8, 4) is 0 Å². The summed E-state index contributed by atoms with van der Waals surface area (Å²) >= 11 is 0. The van der Waals surface area contributed by atoms with Crippen LogP contribution in [0, 0.1) is 5.92 Å². The number of carbonyl (C=O) groups is 1. The van der Waals surface area contributed by atoms with E-state index in [0.29, 0.717) is 12.3 Å². The highest BCUT2D eigenvalue weighted by Gasteiger charge is 2.10. The average Bonchev–Trinajstić information content (AvgIpc) is 2.28. The molecule has 0 fully saturated rings. The average molecular weight is 234 g/mol. The zero-order valence-electron chi connectivity index (χ0n) is 10.9. The zero-order chi connectivity index (χ0) is 12.8. The molecule has 3 nitrogen and oxygen atoms in total. The van der Waals surface area contributed by atoms with Crippen LogP contribution in [0.25, 0.3) is 0 Å². The SMILES string of the molecule is CNC(=O)CC(N)c1ccc(CC(C)C)cc1. The summed E-state index contributed by atoms with van der Waals surface area (Å²) in [6.45, 7) is 4.40. The monoisotopic (exact) mass is 234 g/mol. The van der Waals surface area contributed by atoms with Crippen molar-refractivity contribution < 1.29 is 4.79 Å². The van der Waals surface area contributed by atoms with Crippen molar-refractivity contribution in [3.63, 3.8) is 0 Å². The number of hydrogen-bond donors (Lipinski definition) is 2. The van der Waals surface area contributed by atoms with Gasteiger partial charge >= 0.3 is 0 Å². The minimum atomic E-state index is -0.219. The molecule has 0 bridgehead atoms. The number of hydrogen-bond acceptors (Lipinski definition) is 2. The molecule has 0 saturated heterocycles. The molecule has 3 heteroatoms. The second-order valence-electron chi connectivity index (χ2n) is 4.82. The van der Waals surface area contributed by atoms with E-state index in [1.165, 1.54) is 5.56 Å². The highest BCUT2D eigenvalue weighted by Crippen LogP contribution is 2.16. The summed E-state index contributed by atoms with van der Waals surface area (Å²) in [6.07, 6.45) is 1.41. The van der Waals surface area contributed by atoms with Gasteiger partial charge in [0.2, 0.25) is 5.91 Å². The standard InChI is InChI=1S/C14H22N2O/c1-10(2)8-11-4-6-12(7-5-11)13(15)9-14(17)16-3/h4-7,10,13H,8-9,15H2,1-3H3,(H,16,17). The Morgan fingerprint density at radius 3 is 2.35 bits per heavy atom. The van der Waals surface area contributed by atoms with Crippen LogP contribution < -0.4 is 11.1 Å². The third kappa shape index (κ3) is 4.57. The smallest absolute Gasteiger partial charge is 0.221 e. The Balaban J connectivity index is 2.63. The number of carbonyl (C=O) groups excluding carboxylic acids is 1. The summed E-state index contributed by atoms with van der Waals surface area (Å²) in [5, 5.41) is 2.58. The molecule has 0 aromatic heterocycles. The minimum absolute atomic E-state index is 0.0243. The maximum Gasteiger partial charge on any atom is 0.221 e. The highest BCUT2D eigenvalue weighted by atomic mass is 16.1. The van der Waals surface area contributed by atoms with Crippen molar-refractivity contribution >= 4 is 5.91 Å². The van der Waals surface area contributed by atoms with Crippen LogP contribution in [0.1, 0.15) is 37.4 Å². The van der Waals surface area contributed by atoms with E-state index in [9.17, 15) is 4.79 Å². The first-order valence-electron chi connectivity index (χ1n) is 6.08. The Labute approximate surface area is 103 Å². The van der Waals surface area contributed by atoms with Crippen LogP contribution in [-0.4, -0.2) is 13.0 Å². The summed E-state index contributed by atoms with van der Waals surface area (Å²) in [5.74, 6) is 0.629. The minimum Gasteiger partial charge on any atom is -0.359 e. The van der Waals surface area contributed by atoms with Crippen LogP contribution in [0.2, 0.25) is 0 Å². The van der Waals surface area contributed by atoms with Gasteiger partial charge in [0.1, 0.15) is 0 Å². The lowest BCUT2D eigenvalue weighted by Crippen LogP contribution is -2.24. The maximum absolute atomic E-state index is 11.2. The fourth-order valence-corrected chi connectivity index (χ4v) is 1.79. The van der Waals surface area contributed by atoms with Crippen LogP contribution in [0.3, 0.4) is 0 Å². The van der Waals surface area contributed by atoms with E-state index in [1.807, 2.05) is 12.1 Å². The summed E-state index contributed by atoms with van der Waals surface area (Å²) < 4.78 is 0. The quantitative estimate of drug-likeness (QED) is 0.819. The van der Waals surface area contributed by atoms with Gasteiger partial charge in [-0.05, 0) is 23.5 Å². The molecule has 1 rings (SSSR count). The van der Waals surface area contributed by atoms with Crippen molar-refractivity contribution in [2.75, 3.05) is 7.05 Å². The molecule has 0 saturated carbocycles. The molecule has 0 aliphatic rings. The fraction of sp³-hybridized carbons (Fsp3) is 0.500. The van der Waals surface area contributed by atoms with E-state index in [2.05, 4.69) is 31.3 Å². The second-order valence-corrected chi connectivity index (χ2v) is 4.82. The number of benzene rings is 1. The predicted molar refractivity (Wildman–Crippen MR) is 70.6 cm³/mol. The van der Waals surface area contributed by atoms with E-state index in [4.69, 9.17) is 5.73 Å². The second kappa shape index (κ2) is 6.40. The largest absolute Gasteiger partial charge is 0.359 e. The molecular weight excluding hydrogens is 212 g/mol. The molecule has 1 aromatic rings. The third-order valence-electron chi connectivity index (χ3n) is 2.74. The van der Waals surface area contributed by atoms with Gasteiger partial charge in [-0.15, -0.1) is 0 Å². The lowest BCUT2D eigenvalue weighted by atomic mass is 9.98. The number of amides is 1. The predicted octanol–water partition coefficient (Wildman–Crippen LogP) is 2.02. The first-order chi connectivity index (χ1) is 8.02. The lowest BCUT2D eigenvalue weighted by molar-refractivity contribution is -0.120. The molecule has 1 aromatic carbocycles. The van der Waals surface area contributed by atoms with Gasteiger partial charge in [-0.3, -0.25) is 4.79 Å². The van der Waals surface area contributed by atoms with Crippen molar-refractivity contribution in [1.29, 1.82) is 0 Å². The van der Waals surface area contributed by atoms with Crippen molar-refractivity contribution in [1.82, 2.24) is 5.32 Å². The number of nitrogens with one attached hydrogen (secondary N) is 1. The van der Waals surface area contributed by atoms with Crippen LogP contribution >= 0.6 is 0 Å². The van der Waals surface area contributed by atoms with E-state index in [1.54, 1.807) is 7.05 Å². The summed E-state index contributed by atoms with van der Waals surface area (Å²) in [7, 11) is 1.63. The zero-order valence-corrected chi connectivity index (χ0v) is 10.9. The van der Waals surface area contributed by atoms with Gasteiger partial charge in [0.05, 0.1) is 0 Å². The van der Waals surface area contributed by atoms with Gasteiger partial charge < -0.3 is 11.1 Å². The summed E-state index contributed by atoms with van der Waals surface area (Å²) in [5.41, 5.74) is 8.29. The van der Waals surface area contributed by atoms with E-state index < -0.39 is 0 Å². The molecule has 94 valence electrons. The van der Waals surface area contributed by atoms with Gasteiger partial charge in [-0.1, -0.05) is 38.1 Å². The molecular formula is C14H22N2O. The Kier molecular flexibility index (Phi) is 5.16. The fourth-order valence-electron chi connectivity index (χ4n) is 1.79. The number of rotatable bonds is 5. The van der Waals surface area contributed by atoms with Gasteiger partial charge in [0, 0.05) is 19.5 Å². The molecule has 0 aliphatic carbocycles. The van der Waals surface area contributed by atoms with Gasteiger partial charge in [-0.25, -0.2) is 0 Å². The van der Waals surface area contributed by atoms with Gasteiger partial charge in [-0.2, -0.15) is 0 Å². The van der Waals surface area contributed by atoms with Crippen molar-refractivity contribution in [2.45, 2.75) is 32.7 Å². The first kappa shape index (κ1) is 13.7. The Bertz CT molecular complexity index is 357. The molecule has 0 radical (unpaired) electrons. The van der Waals surface area contributed by atoms with Crippen LogP contribution in [0.4, 0.5) is 0 Å². The summed E-state index contributed by atoms with van der Waals surface area (Å²) in [6, 6.07) is 8.01. The topological polar surface area (TPSA) is 55.1 Å². The first-order valence-corrected chi connectivity index (χ1v) is 6.08. The molecule has 17 heavy (non-hydrogen) atoms. The van der Waals surface area contributed by atoms with Gasteiger partial charge in [0.15, 0.2) is 0 Å². The lowest BCUT2D eigenvalue weighted by Gasteiger charge is -2.12. The van der Waals surface area contributed by atoms with Crippen molar-refractivity contribution in [2.24, 2.45) is 11.7 Å². The Morgan fingerprint density at radius 1 is 1.29 bits per heavy atom. The number of nitrogens with two attached hydrogens (primary N) is 1. The van der Waals surface area contributed by atoms with Crippen LogP contribution in [0.15, 0.2) is 24.3 Å². The summed E-state index contributed by atoms with van der Waals surface area (Å²) in [4.78, 5) is 11.2. The molecule has 0 spiro atoms. The molecule has 0 aliphatic heterocycles. The Morgan fingerprint density at radius 2 is 1.88 bits per heavy atom. The van der Waals surface area contributed by atoms with E-state index >= 15 is 0 Å². The van der Waals surface area contributed by atoms with Crippen LogP contribution in [-0.2, 0) is 11.2 Å². The molecule has 1 atom stereocenters. The third-order valence-corrected chi connectivity index (χ3v) is 2.74. The van der Waals surface area contributed by atoms with E-state index in [0.717, 1.165) is 12.0 Å². The van der Waals surface area contributed by atoms with Crippen molar-refractivity contribution in [3.05, 3.63) is 35.4 Å². The molecule has 3 N–H and O–H groups in total. The molecule has 1 unspecified atom stereocenters.